The van der Waals surface area contributed by atoms with Gasteiger partial charge in [0, 0.05) is 122 Å². The van der Waals surface area contributed by atoms with Crippen molar-refractivity contribution in [3.63, 3.8) is 0 Å². The van der Waals surface area contributed by atoms with Gasteiger partial charge in [0.25, 0.3) is 0 Å². The van der Waals surface area contributed by atoms with Gasteiger partial charge in [0.15, 0.2) is 22.3 Å². The number of anilines is 12. The van der Waals surface area contributed by atoms with Crippen molar-refractivity contribution in [3.8, 4) is 33.4 Å². The SMILES string of the molecule is c1ccc(-c2ccccc2N(c2ccc3c(c2)oc2c4ccc(-c5ccc(N(c6ccccc6)c6cccc7c6oc6ccccc67)cc5)cc4c4ccccc4c32)c2cccc3c2oc2ccccc23)cc1.c1ccc(N(c2ccc(-c3ccc4c(c3)c3ccccc3c3c5ccc(N(c6ccccc6)c6cccc7c6oc6ccccc67)cc5oc43)cc2)c2cccc3c2oc2ccccc23)cc1. The maximum absolute atomic E-state index is 7.14. The number of hydrogen-bond donors (Lipinski definition) is 0. The average molecular weight is 1790 g/mol. The predicted molar refractivity (Wildman–Crippen MR) is 582 cm³/mol. The van der Waals surface area contributed by atoms with Crippen LogP contribution in [0.25, 0.3) is 208 Å². The maximum Gasteiger partial charge on any atom is 0.159 e. The second-order valence-electron chi connectivity index (χ2n) is 35.9. The Labute approximate surface area is 802 Å². The molecule has 656 valence electrons. The second-order valence-corrected chi connectivity index (χ2v) is 35.9. The van der Waals surface area contributed by atoms with Crippen molar-refractivity contribution in [2.75, 3.05) is 19.6 Å². The van der Waals surface area contributed by atoms with Gasteiger partial charge in [0.05, 0.1) is 39.8 Å². The highest BCUT2D eigenvalue weighted by Gasteiger charge is 2.29. The van der Waals surface area contributed by atoms with Gasteiger partial charge in [0.2, 0.25) is 0 Å². The molecule has 23 aromatic carbocycles. The van der Waals surface area contributed by atoms with Gasteiger partial charge in [0.1, 0.15) is 44.7 Å². The summed E-state index contributed by atoms with van der Waals surface area (Å²) in [6.45, 7) is 0. The van der Waals surface area contributed by atoms with Gasteiger partial charge in [-0.1, -0.05) is 309 Å². The second kappa shape index (κ2) is 32.5. The number of benzene rings is 23. The molecule has 0 aliphatic heterocycles. The smallest absolute Gasteiger partial charge is 0.159 e. The molecule has 0 saturated carbocycles. The molecule has 0 N–H and O–H groups in total. The van der Waals surface area contributed by atoms with E-state index in [-0.39, 0.29) is 0 Å². The Morgan fingerprint density at radius 3 is 0.764 bits per heavy atom. The highest BCUT2D eigenvalue weighted by Crippen LogP contribution is 2.54. The van der Waals surface area contributed by atoms with Gasteiger partial charge in [-0.3, -0.25) is 0 Å². The first-order valence-corrected chi connectivity index (χ1v) is 47.4. The predicted octanol–water partition coefficient (Wildman–Crippen LogP) is 38.3. The van der Waals surface area contributed by atoms with E-state index in [1.54, 1.807) is 0 Å². The van der Waals surface area contributed by atoms with Gasteiger partial charge in [-0.15, -0.1) is 0 Å². The fraction of sp³-hybridized carbons (Fsp3) is 0. The number of nitrogens with zero attached hydrogens (tertiary/aromatic N) is 4. The molecule has 0 saturated heterocycles. The monoisotopic (exact) mass is 1790 g/mol. The van der Waals surface area contributed by atoms with E-state index in [9.17, 15) is 0 Å². The van der Waals surface area contributed by atoms with Gasteiger partial charge in [-0.25, -0.2) is 0 Å². The van der Waals surface area contributed by atoms with Crippen molar-refractivity contribution in [1.82, 2.24) is 0 Å². The Morgan fingerprint density at radius 2 is 0.379 bits per heavy atom. The highest BCUT2D eigenvalue weighted by molar-refractivity contribution is 6.33. The Bertz CT molecular complexity index is 9990. The molecule has 0 amide bonds. The molecule has 0 aliphatic carbocycles. The summed E-state index contributed by atoms with van der Waals surface area (Å²) in [4.78, 5) is 9.16. The first-order valence-electron chi connectivity index (χ1n) is 47.4. The minimum Gasteiger partial charge on any atom is -0.455 e. The van der Waals surface area contributed by atoms with E-state index in [2.05, 4.69) is 450 Å². The minimum absolute atomic E-state index is 0.810. The molecule has 140 heavy (non-hydrogen) atoms. The van der Waals surface area contributed by atoms with Crippen LogP contribution in [0.4, 0.5) is 68.2 Å². The van der Waals surface area contributed by atoms with E-state index in [4.69, 9.17) is 26.5 Å². The quantitative estimate of drug-likeness (QED) is 0.0924. The largest absolute Gasteiger partial charge is 0.455 e. The normalized spacial score (nSPS) is 11.9. The molecule has 0 unspecified atom stereocenters. The topological polar surface area (TPSA) is 91.8 Å². The number of furan rings is 6. The van der Waals surface area contributed by atoms with Crippen LogP contribution in [-0.4, -0.2) is 0 Å². The molecule has 6 aromatic heterocycles. The van der Waals surface area contributed by atoms with Crippen molar-refractivity contribution in [3.05, 3.63) is 485 Å². The van der Waals surface area contributed by atoms with Crippen molar-refractivity contribution >= 4 is 243 Å². The Morgan fingerprint density at radius 1 is 0.121 bits per heavy atom. The van der Waals surface area contributed by atoms with Gasteiger partial charge in [-0.2, -0.15) is 0 Å². The fourth-order valence-electron chi connectivity index (χ4n) is 21.7. The highest BCUT2D eigenvalue weighted by atomic mass is 16.4. The van der Waals surface area contributed by atoms with Crippen molar-refractivity contribution in [1.29, 1.82) is 0 Å². The van der Waals surface area contributed by atoms with E-state index in [0.29, 0.717) is 0 Å². The Hall–Kier alpha value is -18.9. The van der Waals surface area contributed by atoms with E-state index in [1.807, 2.05) is 54.6 Å². The lowest BCUT2D eigenvalue weighted by Gasteiger charge is -2.27. The van der Waals surface area contributed by atoms with Crippen LogP contribution in [0.1, 0.15) is 0 Å². The summed E-state index contributed by atoms with van der Waals surface area (Å²) < 4.78 is 40.6. The first-order chi connectivity index (χ1) is 69.4. The molecule has 0 bridgehead atoms. The van der Waals surface area contributed by atoms with Crippen molar-refractivity contribution < 1.29 is 26.5 Å². The third-order valence-electron chi connectivity index (χ3n) is 28.1. The summed E-state index contributed by atoms with van der Waals surface area (Å²) in [7, 11) is 0. The van der Waals surface area contributed by atoms with Crippen LogP contribution < -0.4 is 19.6 Å². The standard InChI is InChI=1S/C68H42N2O3.C62H38N2O3/c1-3-17-44(18-4-1)49-21-9-12-28-59(49)70(61-30-16-27-55-52-24-11-14-32-63(52)72-67(55)61)48-38-40-57-64(42-48)73-68-56-39-35-45(41-58(56)50-22-7-8-25-53(50)65(57)68)43-33-36-47(37-34-43)69(46-19-5-2-6-20-46)60-29-15-26-54-51-23-10-13-31-62(51)71-66(54)60;1-3-15-41(16-4-1)63(54-25-13-23-49-46-20-9-11-27-56(46)65-60(49)54)43-32-29-39(30-33-43)40-31-35-51-53(37-40)45-19-7-8-22-48(45)59-52-36-34-44(38-58(52)67-62(51)59)64(42-17-5-2-6-18-42)55-26-14-24-50-47-21-10-12-28-57(47)66-61(50)55/h1-42H;1-38H. The third kappa shape index (κ3) is 13.0. The average Bonchev–Trinajstić information content (AvgIpc) is 1.54. The maximum atomic E-state index is 7.14. The molecule has 0 spiro atoms. The molecule has 10 heteroatoms. The number of para-hydroxylation sites is 12. The summed E-state index contributed by atoms with van der Waals surface area (Å²) in [6, 6.07) is 171. The molecular formula is C130H80N4O6. The lowest BCUT2D eigenvalue weighted by Crippen LogP contribution is -2.11. The van der Waals surface area contributed by atoms with Crippen LogP contribution in [0.2, 0.25) is 0 Å². The van der Waals surface area contributed by atoms with Gasteiger partial charge >= 0.3 is 0 Å². The molecule has 10 nitrogen and oxygen atoms in total. The van der Waals surface area contributed by atoms with E-state index < -0.39 is 0 Å². The molecule has 29 aromatic rings. The summed E-state index contributed by atoms with van der Waals surface area (Å²) in [6.07, 6.45) is 0. The van der Waals surface area contributed by atoms with Crippen LogP contribution in [-0.2, 0) is 0 Å². The Kier molecular flexibility index (Phi) is 18.5. The van der Waals surface area contributed by atoms with Crippen molar-refractivity contribution in [2.24, 2.45) is 0 Å². The zero-order valence-electron chi connectivity index (χ0n) is 75.4. The van der Waals surface area contributed by atoms with E-state index in [0.717, 1.165) is 266 Å². The lowest BCUT2D eigenvalue weighted by atomic mass is 9.94. The summed E-state index contributed by atoms with van der Waals surface area (Å²) in [5.74, 6) is 0. The Balaban J connectivity index is 0.000000138. The van der Waals surface area contributed by atoms with Crippen LogP contribution in [0.15, 0.2) is 512 Å². The van der Waals surface area contributed by atoms with Crippen LogP contribution in [0.5, 0.6) is 0 Å². The lowest BCUT2D eigenvalue weighted by molar-refractivity contribution is 0.668. The molecular weight excluding hydrogens is 1710 g/mol. The summed E-state index contributed by atoms with van der Waals surface area (Å²) in [5.41, 5.74) is 29.1. The molecule has 0 atom stereocenters. The van der Waals surface area contributed by atoms with Gasteiger partial charge in [-0.05, 0) is 224 Å². The number of fused-ring (bicyclic) bond motifs is 28. The molecule has 6 heterocycles. The van der Waals surface area contributed by atoms with Gasteiger partial charge < -0.3 is 46.1 Å². The van der Waals surface area contributed by atoms with E-state index in [1.165, 1.54) is 10.8 Å². The molecule has 0 radical (unpaired) electrons. The van der Waals surface area contributed by atoms with Crippen LogP contribution in [0, 0.1) is 0 Å². The third-order valence-corrected chi connectivity index (χ3v) is 28.1. The zero-order valence-corrected chi connectivity index (χ0v) is 75.4. The fourth-order valence-corrected chi connectivity index (χ4v) is 21.7. The first kappa shape index (κ1) is 79.6. The number of hydrogen-bond acceptors (Lipinski definition) is 10. The summed E-state index contributed by atoms with van der Waals surface area (Å²) in [5, 5.41) is 22.2. The van der Waals surface area contributed by atoms with Crippen molar-refractivity contribution in [2.45, 2.75) is 0 Å². The molecule has 0 fully saturated rings. The molecule has 0 aliphatic rings. The minimum atomic E-state index is 0.810. The number of rotatable bonds is 15. The summed E-state index contributed by atoms with van der Waals surface area (Å²) >= 11 is 0. The zero-order chi connectivity index (χ0) is 92.0. The van der Waals surface area contributed by atoms with Crippen LogP contribution >= 0.6 is 0 Å². The van der Waals surface area contributed by atoms with Crippen LogP contribution in [0.3, 0.4) is 0 Å². The van der Waals surface area contributed by atoms with E-state index >= 15 is 0 Å². The molecule has 29 rings (SSSR count).